The standard InChI is InChI=1S/C22H21F4N7OS.2H2/c23-21(13-1-2-13)11-33(12-21)18-9-17(29-16-7-8-27-32-16)30-20(31-18)35-15-5-3-14(4-6-15)28-19(34)10-22(24,25)26;;/h3-9,13H,1-2,10-12H2,(H,28,34)(H2,27,29,30,31,32);2*1H. The number of amides is 1. The minimum Gasteiger partial charge on any atom is -0.350 e. The van der Waals surface area contributed by atoms with Crippen molar-refractivity contribution in [2.75, 3.05) is 28.6 Å². The number of nitrogens with zero attached hydrogens (tertiary/aromatic N) is 4. The predicted molar refractivity (Wildman–Crippen MR) is 127 cm³/mol. The second-order valence-corrected chi connectivity index (χ2v) is 9.66. The lowest BCUT2D eigenvalue weighted by Crippen LogP contribution is -2.60. The molecule has 3 N–H and O–H groups in total. The highest BCUT2D eigenvalue weighted by molar-refractivity contribution is 7.99. The van der Waals surface area contributed by atoms with E-state index in [0.29, 0.717) is 27.5 Å². The van der Waals surface area contributed by atoms with Crippen LogP contribution in [0.5, 0.6) is 0 Å². The number of halogens is 4. The molecule has 13 heteroatoms. The Morgan fingerprint density at radius 2 is 1.94 bits per heavy atom. The largest absolute Gasteiger partial charge is 0.397 e. The van der Waals surface area contributed by atoms with Gasteiger partial charge >= 0.3 is 6.18 Å². The minimum absolute atomic E-state index is 0. The van der Waals surface area contributed by atoms with E-state index < -0.39 is 24.2 Å². The summed E-state index contributed by atoms with van der Waals surface area (Å²) in [5.74, 6) is 0.723. The topological polar surface area (TPSA) is 98.8 Å². The summed E-state index contributed by atoms with van der Waals surface area (Å²) in [7, 11) is 0. The van der Waals surface area contributed by atoms with Gasteiger partial charge in [-0.15, -0.1) is 0 Å². The Morgan fingerprint density at radius 3 is 2.57 bits per heavy atom. The van der Waals surface area contributed by atoms with Crippen LogP contribution in [0.15, 0.2) is 52.6 Å². The molecule has 0 atom stereocenters. The fourth-order valence-electron chi connectivity index (χ4n) is 3.86. The van der Waals surface area contributed by atoms with Gasteiger partial charge in [-0.25, -0.2) is 14.4 Å². The molecule has 2 aliphatic rings. The zero-order valence-corrected chi connectivity index (χ0v) is 19.1. The van der Waals surface area contributed by atoms with E-state index in [4.69, 9.17) is 0 Å². The fraction of sp³-hybridized carbons (Fsp3) is 0.364. The Morgan fingerprint density at radius 1 is 1.20 bits per heavy atom. The Kier molecular flexibility index (Phi) is 6.03. The Hall–Kier alpha value is -3.35. The summed E-state index contributed by atoms with van der Waals surface area (Å²) in [4.78, 5) is 23.2. The van der Waals surface area contributed by atoms with Gasteiger partial charge in [0, 0.05) is 25.6 Å². The maximum absolute atomic E-state index is 14.9. The van der Waals surface area contributed by atoms with Crippen LogP contribution in [0.3, 0.4) is 0 Å². The summed E-state index contributed by atoms with van der Waals surface area (Å²) < 4.78 is 52.0. The zero-order chi connectivity index (χ0) is 24.6. The third-order valence-electron chi connectivity index (χ3n) is 5.70. The monoisotopic (exact) mass is 511 g/mol. The average molecular weight is 512 g/mol. The fourth-order valence-corrected chi connectivity index (χ4v) is 4.62. The van der Waals surface area contributed by atoms with Gasteiger partial charge in [-0.3, -0.25) is 9.89 Å². The number of hydrogen-bond donors (Lipinski definition) is 3. The summed E-state index contributed by atoms with van der Waals surface area (Å²) in [5, 5.41) is 12.4. The lowest BCUT2D eigenvalue weighted by Gasteiger charge is -2.45. The number of anilines is 4. The highest BCUT2D eigenvalue weighted by Gasteiger charge is 2.54. The van der Waals surface area contributed by atoms with Gasteiger partial charge in [0.2, 0.25) is 5.91 Å². The van der Waals surface area contributed by atoms with Crippen LogP contribution in [0.25, 0.3) is 0 Å². The molecule has 1 saturated heterocycles. The van der Waals surface area contributed by atoms with E-state index in [1.165, 1.54) is 23.9 Å². The van der Waals surface area contributed by atoms with E-state index in [9.17, 15) is 22.4 Å². The number of aromatic nitrogens is 4. The van der Waals surface area contributed by atoms with Gasteiger partial charge in [0.25, 0.3) is 0 Å². The van der Waals surface area contributed by atoms with Crippen LogP contribution in [0.4, 0.5) is 40.7 Å². The van der Waals surface area contributed by atoms with Crippen LogP contribution >= 0.6 is 11.8 Å². The van der Waals surface area contributed by atoms with E-state index in [1.807, 2.05) is 4.90 Å². The maximum Gasteiger partial charge on any atom is 0.397 e. The van der Waals surface area contributed by atoms with E-state index >= 15 is 0 Å². The molecule has 5 rings (SSSR count). The summed E-state index contributed by atoms with van der Waals surface area (Å²) in [6.45, 7) is 0.573. The smallest absolute Gasteiger partial charge is 0.350 e. The second kappa shape index (κ2) is 9.02. The molecule has 8 nitrogen and oxygen atoms in total. The minimum atomic E-state index is -4.57. The third-order valence-corrected chi connectivity index (χ3v) is 6.58. The van der Waals surface area contributed by atoms with Crippen molar-refractivity contribution in [1.29, 1.82) is 0 Å². The lowest BCUT2D eigenvalue weighted by atomic mass is 9.91. The maximum atomic E-state index is 14.9. The lowest BCUT2D eigenvalue weighted by molar-refractivity contribution is -0.150. The molecule has 1 aromatic carbocycles. The van der Waals surface area contributed by atoms with Crippen molar-refractivity contribution < 1.29 is 25.2 Å². The van der Waals surface area contributed by atoms with Gasteiger partial charge in [-0.05, 0) is 54.8 Å². The number of alkyl halides is 4. The molecule has 3 heterocycles. The number of hydrogen-bond acceptors (Lipinski definition) is 7. The molecule has 1 aliphatic carbocycles. The van der Waals surface area contributed by atoms with Crippen molar-refractivity contribution in [2.45, 2.75) is 41.2 Å². The molecule has 0 unspecified atom stereocenters. The third kappa shape index (κ3) is 5.84. The molecule has 35 heavy (non-hydrogen) atoms. The second-order valence-electron chi connectivity index (χ2n) is 8.62. The van der Waals surface area contributed by atoms with Crippen LogP contribution in [0, 0.1) is 5.92 Å². The van der Waals surface area contributed by atoms with E-state index in [1.54, 1.807) is 30.5 Å². The number of aromatic amines is 1. The first-order chi connectivity index (χ1) is 16.6. The highest BCUT2D eigenvalue weighted by atomic mass is 32.2. The summed E-state index contributed by atoms with van der Waals surface area (Å²) >= 11 is 1.24. The summed E-state index contributed by atoms with van der Waals surface area (Å²) in [6.07, 6.45) is -2.67. The van der Waals surface area contributed by atoms with Crippen molar-refractivity contribution in [1.82, 2.24) is 20.2 Å². The molecular formula is C22H25F4N7OS. The quantitative estimate of drug-likeness (QED) is 0.275. The van der Waals surface area contributed by atoms with Crippen LogP contribution < -0.4 is 15.5 Å². The average Bonchev–Trinajstić information content (AvgIpc) is 3.49. The molecule has 0 radical (unpaired) electrons. The molecule has 188 valence electrons. The van der Waals surface area contributed by atoms with Gasteiger partial charge in [0.1, 0.15) is 29.5 Å². The number of nitrogens with one attached hydrogen (secondary N) is 3. The molecular weight excluding hydrogens is 486 g/mol. The van der Waals surface area contributed by atoms with E-state index in [2.05, 4.69) is 30.8 Å². The van der Waals surface area contributed by atoms with Crippen molar-refractivity contribution in [3.05, 3.63) is 42.6 Å². The number of benzene rings is 1. The molecule has 1 aliphatic heterocycles. The SMILES string of the molecule is O=C(CC(F)(F)F)Nc1ccc(Sc2nc(Nc3ccn[nH]3)cc(N3CC(F)(C4CC4)C3)n2)cc1.[HH].[HH]. The van der Waals surface area contributed by atoms with Crippen molar-refractivity contribution in [3.8, 4) is 0 Å². The number of carbonyl (C=O) groups is 1. The van der Waals surface area contributed by atoms with E-state index in [-0.39, 0.29) is 27.5 Å². The normalized spacial score (nSPS) is 17.1. The van der Waals surface area contributed by atoms with Gasteiger partial charge in [0.05, 0.1) is 19.3 Å². The molecule has 2 fully saturated rings. The summed E-state index contributed by atoms with van der Waals surface area (Å²) in [5.41, 5.74) is -0.915. The zero-order valence-electron chi connectivity index (χ0n) is 18.3. The molecule has 3 aromatic rings. The van der Waals surface area contributed by atoms with Gasteiger partial charge in [-0.2, -0.15) is 18.3 Å². The van der Waals surface area contributed by atoms with Crippen LogP contribution in [0.2, 0.25) is 0 Å². The number of H-pyrrole nitrogens is 1. The van der Waals surface area contributed by atoms with Crippen LogP contribution in [-0.2, 0) is 4.79 Å². The van der Waals surface area contributed by atoms with Gasteiger partial charge in [-0.1, -0.05) is 0 Å². The first-order valence-corrected chi connectivity index (χ1v) is 11.7. The molecule has 2 aromatic heterocycles. The first-order valence-electron chi connectivity index (χ1n) is 10.9. The van der Waals surface area contributed by atoms with Gasteiger partial charge < -0.3 is 15.5 Å². The number of carbonyl (C=O) groups excluding carboxylic acids is 1. The first kappa shape index (κ1) is 23.4. The Balaban J connectivity index is 0.00000190. The van der Waals surface area contributed by atoms with Gasteiger partial charge in [0.15, 0.2) is 5.16 Å². The molecule has 1 saturated carbocycles. The van der Waals surface area contributed by atoms with Crippen molar-refractivity contribution >= 4 is 40.8 Å². The molecule has 0 spiro atoms. The summed E-state index contributed by atoms with van der Waals surface area (Å²) in [6, 6.07) is 9.80. The molecule has 1 amide bonds. The van der Waals surface area contributed by atoms with E-state index in [0.717, 1.165) is 12.8 Å². The van der Waals surface area contributed by atoms with Crippen molar-refractivity contribution in [3.63, 3.8) is 0 Å². The van der Waals surface area contributed by atoms with Crippen LogP contribution in [0.1, 0.15) is 22.1 Å². The Bertz CT molecular complexity index is 1200. The van der Waals surface area contributed by atoms with Crippen LogP contribution in [-0.4, -0.2) is 51.0 Å². The Labute approximate surface area is 204 Å². The molecule has 0 bridgehead atoms. The number of rotatable bonds is 8. The van der Waals surface area contributed by atoms with Crippen molar-refractivity contribution in [2.24, 2.45) is 5.92 Å². The predicted octanol–water partition coefficient (Wildman–Crippen LogP) is 5.42. The highest BCUT2D eigenvalue weighted by Crippen LogP contribution is 2.48.